The van der Waals surface area contributed by atoms with E-state index < -0.39 is 43.4 Å². The molecule has 0 heterocycles. The topological polar surface area (TPSA) is 52.6 Å². The lowest BCUT2D eigenvalue weighted by Crippen LogP contribution is -2.46. The SMILES string of the molecule is C=C(C[C@](C)(CC#C[Si](C)(C)C)O[Si](CC)(CC)CC)OS(=O)(=O)C(F)(F)F. The minimum absolute atomic E-state index is 0.183. The zero-order chi connectivity index (χ0) is 22.4. The molecule has 4 nitrogen and oxygen atoms in total. The molecule has 0 rings (SSSR count). The first kappa shape index (κ1) is 27.2. The molecule has 0 aromatic carbocycles. The van der Waals surface area contributed by atoms with Crippen molar-refractivity contribution in [3.8, 4) is 11.5 Å². The fourth-order valence-corrected chi connectivity index (χ4v) is 6.97. The predicted molar refractivity (Wildman–Crippen MR) is 112 cm³/mol. The Balaban J connectivity index is 5.72. The molecule has 0 amide bonds. The Hall–Kier alpha value is -0.766. The molecule has 164 valence electrons. The van der Waals surface area contributed by atoms with Crippen molar-refractivity contribution < 1.29 is 30.2 Å². The highest BCUT2D eigenvalue weighted by Crippen LogP contribution is 2.35. The van der Waals surface area contributed by atoms with Gasteiger partial charge < -0.3 is 8.61 Å². The van der Waals surface area contributed by atoms with Gasteiger partial charge in [0.2, 0.25) is 0 Å². The molecule has 0 fully saturated rings. The lowest BCUT2D eigenvalue weighted by atomic mass is 9.98. The van der Waals surface area contributed by atoms with Crippen molar-refractivity contribution in [2.75, 3.05) is 0 Å². The fraction of sp³-hybridized carbons (Fsp3) is 0.778. The molecule has 0 saturated carbocycles. The highest BCUT2D eigenvalue weighted by atomic mass is 32.2. The predicted octanol–water partition coefficient (Wildman–Crippen LogP) is 5.81. The van der Waals surface area contributed by atoms with E-state index in [1.54, 1.807) is 6.92 Å². The van der Waals surface area contributed by atoms with E-state index in [2.05, 4.69) is 41.9 Å². The summed E-state index contributed by atoms with van der Waals surface area (Å²) in [6.45, 7) is 17.5. The number of halogens is 3. The Labute approximate surface area is 170 Å². The first-order valence-electron chi connectivity index (χ1n) is 9.33. The van der Waals surface area contributed by atoms with Crippen molar-refractivity contribution in [2.24, 2.45) is 0 Å². The molecule has 0 unspecified atom stereocenters. The van der Waals surface area contributed by atoms with E-state index in [0.717, 1.165) is 18.1 Å². The Morgan fingerprint density at radius 3 is 1.89 bits per heavy atom. The molecule has 0 bridgehead atoms. The van der Waals surface area contributed by atoms with E-state index in [0.29, 0.717) is 0 Å². The summed E-state index contributed by atoms with van der Waals surface area (Å²) >= 11 is 0. The Bertz CT molecular complexity index is 691. The largest absolute Gasteiger partial charge is 0.534 e. The number of hydrogen-bond donors (Lipinski definition) is 0. The van der Waals surface area contributed by atoms with Crippen molar-refractivity contribution in [1.29, 1.82) is 0 Å². The standard InChI is InChI=1S/C18H33F3O4SSi2/c1-9-28(10-2,11-3)25-17(5,13-12-14-27(6,7)8)15-16(4)24-26(22,23)18(19,20)21/h4,9-11,13,15H2,1-3,5-8H3/t17-/m0/s1. The first-order chi connectivity index (χ1) is 12.4. The summed E-state index contributed by atoms with van der Waals surface area (Å²) in [5.74, 6) is 2.60. The van der Waals surface area contributed by atoms with Gasteiger partial charge in [-0.1, -0.05) is 47.0 Å². The van der Waals surface area contributed by atoms with Crippen molar-refractivity contribution in [3.63, 3.8) is 0 Å². The van der Waals surface area contributed by atoms with E-state index in [-0.39, 0.29) is 12.8 Å². The van der Waals surface area contributed by atoms with Gasteiger partial charge in [0, 0.05) is 12.8 Å². The summed E-state index contributed by atoms with van der Waals surface area (Å²) in [4.78, 5) is 0. The van der Waals surface area contributed by atoms with Crippen LogP contribution in [0.15, 0.2) is 12.3 Å². The molecule has 0 radical (unpaired) electrons. The lowest BCUT2D eigenvalue weighted by Gasteiger charge is -2.40. The fourth-order valence-electron chi connectivity index (χ4n) is 2.77. The molecule has 0 aromatic rings. The molecule has 0 aromatic heterocycles. The maximum absolute atomic E-state index is 12.6. The van der Waals surface area contributed by atoms with Crippen molar-refractivity contribution >= 4 is 26.5 Å². The summed E-state index contributed by atoms with van der Waals surface area (Å²) in [6.07, 6.45) is 0.0813. The maximum Gasteiger partial charge on any atom is 0.534 e. The average molecular weight is 459 g/mol. The van der Waals surface area contributed by atoms with Gasteiger partial charge in [0.1, 0.15) is 13.8 Å². The van der Waals surface area contributed by atoms with Crippen LogP contribution in [0.4, 0.5) is 13.2 Å². The van der Waals surface area contributed by atoms with E-state index in [9.17, 15) is 21.6 Å². The molecule has 1 atom stereocenters. The van der Waals surface area contributed by atoms with E-state index in [1.165, 1.54) is 0 Å². The molecule has 0 spiro atoms. The monoisotopic (exact) mass is 458 g/mol. The molecule has 0 aliphatic rings. The van der Waals surface area contributed by atoms with Crippen LogP contribution >= 0.6 is 0 Å². The van der Waals surface area contributed by atoms with Crippen molar-refractivity contribution in [2.45, 2.75) is 89.4 Å². The molecule has 28 heavy (non-hydrogen) atoms. The second kappa shape index (κ2) is 9.82. The molecule has 0 saturated heterocycles. The van der Waals surface area contributed by atoms with Crippen LogP contribution in [0.2, 0.25) is 37.8 Å². The summed E-state index contributed by atoms with van der Waals surface area (Å²) in [6, 6.07) is 2.52. The third-order valence-electron chi connectivity index (χ3n) is 4.40. The third-order valence-corrected chi connectivity index (χ3v) is 11.1. The molecule has 0 aliphatic carbocycles. The smallest absolute Gasteiger partial charge is 0.410 e. The van der Waals surface area contributed by atoms with Crippen LogP contribution in [-0.4, -0.2) is 35.9 Å². The van der Waals surface area contributed by atoms with Gasteiger partial charge >= 0.3 is 15.6 Å². The van der Waals surface area contributed by atoms with Crippen LogP contribution in [-0.2, 0) is 18.7 Å². The third kappa shape index (κ3) is 8.72. The highest BCUT2D eigenvalue weighted by molar-refractivity contribution is 7.87. The normalized spacial score (nSPS) is 15.4. The summed E-state index contributed by atoms with van der Waals surface area (Å²) in [5, 5.41) is 0. The van der Waals surface area contributed by atoms with Gasteiger partial charge in [-0.05, 0) is 25.1 Å². The minimum Gasteiger partial charge on any atom is -0.410 e. The first-order valence-corrected chi connectivity index (χ1v) is 16.8. The molecule has 10 heteroatoms. The van der Waals surface area contributed by atoms with E-state index in [4.69, 9.17) is 4.43 Å². The quantitative estimate of drug-likeness (QED) is 0.136. The van der Waals surface area contributed by atoms with Crippen molar-refractivity contribution in [3.05, 3.63) is 12.3 Å². The zero-order valence-electron chi connectivity index (χ0n) is 17.9. The molecule has 0 aliphatic heterocycles. The van der Waals surface area contributed by atoms with Crippen LogP contribution in [0.1, 0.15) is 40.5 Å². The molecular formula is C18H33F3O4SSi2. The van der Waals surface area contributed by atoms with Gasteiger partial charge in [-0.15, -0.1) is 11.5 Å². The van der Waals surface area contributed by atoms with Gasteiger partial charge in [0.05, 0.1) is 5.60 Å². The molecule has 0 N–H and O–H groups in total. The Kier molecular flexibility index (Phi) is 9.56. The summed E-state index contributed by atoms with van der Waals surface area (Å²) in [5.41, 5.74) is -3.25. The Morgan fingerprint density at radius 1 is 1.07 bits per heavy atom. The number of hydrogen-bond acceptors (Lipinski definition) is 4. The van der Waals surface area contributed by atoms with Crippen LogP contribution in [0.5, 0.6) is 0 Å². The number of alkyl halides is 3. The maximum atomic E-state index is 12.6. The van der Waals surface area contributed by atoms with Crippen LogP contribution in [0.25, 0.3) is 0 Å². The van der Waals surface area contributed by atoms with E-state index in [1.807, 2.05) is 20.8 Å². The van der Waals surface area contributed by atoms with Gasteiger partial charge in [0.15, 0.2) is 8.32 Å². The van der Waals surface area contributed by atoms with Gasteiger partial charge in [-0.3, -0.25) is 0 Å². The van der Waals surface area contributed by atoms with Crippen LogP contribution in [0.3, 0.4) is 0 Å². The highest BCUT2D eigenvalue weighted by Gasteiger charge is 2.49. The van der Waals surface area contributed by atoms with Crippen LogP contribution in [0, 0.1) is 11.5 Å². The number of rotatable bonds is 10. The minimum atomic E-state index is -5.75. The van der Waals surface area contributed by atoms with Crippen LogP contribution < -0.4 is 0 Å². The zero-order valence-corrected chi connectivity index (χ0v) is 20.7. The van der Waals surface area contributed by atoms with Gasteiger partial charge in [0.25, 0.3) is 0 Å². The van der Waals surface area contributed by atoms with Gasteiger partial charge in [-0.25, -0.2) is 0 Å². The summed E-state index contributed by atoms with van der Waals surface area (Å²) in [7, 11) is -9.53. The lowest BCUT2D eigenvalue weighted by molar-refractivity contribution is -0.0529. The second-order valence-corrected chi connectivity index (χ2v) is 19.2. The average Bonchev–Trinajstić information content (AvgIpc) is 2.49. The van der Waals surface area contributed by atoms with Gasteiger partial charge in [-0.2, -0.15) is 21.6 Å². The van der Waals surface area contributed by atoms with E-state index >= 15 is 0 Å². The summed E-state index contributed by atoms with van der Waals surface area (Å²) < 4.78 is 71.1. The molecular weight excluding hydrogens is 425 g/mol. The Morgan fingerprint density at radius 2 is 1.54 bits per heavy atom. The van der Waals surface area contributed by atoms with Crippen molar-refractivity contribution in [1.82, 2.24) is 0 Å². The second-order valence-electron chi connectivity index (χ2n) is 8.22.